The summed E-state index contributed by atoms with van der Waals surface area (Å²) in [6, 6.07) is 10.0. The van der Waals surface area contributed by atoms with Crippen molar-refractivity contribution in [1.29, 1.82) is 0 Å². The van der Waals surface area contributed by atoms with E-state index >= 15 is 0 Å². The van der Waals surface area contributed by atoms with Gasteiger partial charge in [-0.2, -0.15) is 0 Å². The van der Waals surface area contributed by atoms with Crippen molar-refractivity contribution in [2.75, 3.05) is 20.2 Å². The van der Waals surface area contributed by atoms with Gasteiger partial charge in [0.2, 0.25) is 0 Å². The molecule has 0 radical (unpaired) electrons. The van der Waals surface area contributed by atoms with Crippen LogP contribution in [-0.2, 0) is 15.1 Å². The van der Waals surface area contributed by atoms with E-state index in [0.29, 0.717) is 0 Å². The van der Waals surface area contributed by atoms with Crippen LogP contribution >= 0.6 is 0 Å². The molecular formula is C16H23NO2. The van der Waals surface area contributed by atoms with Crippen molar-refractivity contribution in [3.8, 4) is 0 Å². The topological polar surface area (TPSA) is 29.5 Å². The zero-order valence-electron chi connectivity index (χ0n) is 11.9. The lowest BCUT2D eigenvalue weighted by Gasteiger charge is -2.43. The van der Waals surface area contributed by atoms with E-state index < -0.39 is 5.54 Å². The zero-order chi connectivity index (χ0) is 13.7. The number of esters is 1. The second kappa shape index (κ2) is 6.20. The number of nitrogens with zero attached hydrogens (tertiary/aromatic N) is 1. The van der Waals surface area contributed by atoms with Gasteiger partial charge in [-0.1, -0.05) is 43.7 Å². The summed E-state index contributed by atoms with van der Waals surface area (Å²) < 4.78 is 5.13. The standard InChI is InChI=1S/C16H23NO2/c1-3-16(15(18)19-2,14-10-6-4-7-11-14)17-12-8-5-9-13-17/h4,6-7,10-11H,3,5,8-9,12-13H2,1-2H3/t16-/m0/s1. The molecule has 0 spiro atoms. The van der Waals surface area contributed by atoms with Crippen LogP contribution in [-0.4, -0.2) is 31.1 Å². The average molecular weight is 261 g/mol. The fourth-order valence-electron chi connectivity index (χ4n) is 3.16. The SMILES string of the molecule is CC[C@@](C(=O)OC)(c1ccccc1)N1CCCCC1. The van der Waals surface area contributed by atoms with Crippen LogP contribution in [0.15, 0.2) is 30.3 Å². The molecule has 1 atom stereocenters. The molecule has 1 heterocycles. The quantitative estimate of drug-likeness (QED) is 0.780. The fourth-order valence-corrected chi connectivity index (χ4v) is 3.16. The number of hydrogen-bond acceptors (Lipinski definition) is 3. The number of benzene rings is 1. The van der Waals surface area contributed by atoms with Gasteiger partial charge >= 0.3 is 5.97 Å². The Balaban J connectivity index is 2.44. The highest BCUT2D eigenvalue weighted by molar-refractivity contribution is 5.82. The van der Waals surface area contributed by atoms with E-state index in [-0.39, 0.29) is 5.97 Å². The van der Waals surface area contributed by atoms with Crippen molar-refractivity contribution in [3.05, 3.63) is 35.9 Å². The first-order chi connectivity index (χ1) is 9.25. The van der Waals surface area contributed by atoms with Gasteiger partial charge in [-0.05, 0) is 37.9 Å². The van der Waals surface area contributed by atoms with Gasteiger partial charge in [0.25, 0.3) is 0 Å². The zero-order valence-corrected chi connectivity index (χ0v) is 11.9. The van der Waals surface area contributed by atoms with Crippen LogP contribution in [0.5, 0.6) is 0 Å². The van der Waals surface area contributed by atoms with Crippen molar-refractivity contribution in [2.45, 2.75) is 38.1 Å². The molecule has 0 unspecified atom stereocenters. The predicted molar refractivity (Wildman–Crippen MR) is 75.9 cm³/mol. The molecule has 104 valence electrons. The highest BCUT2D eigenvalue weighted by Crippen LogP contribution is 2.35. The van der Waals surface area contributed by atoms with E-state index in [1.807, 2.05) is 30.3 Å². The molecule has 1 fully saturated rings. The van der Waals surface area contributed by atoms with Gasteiger partial charge in [0.05, 0.1) is 7.11 Å². The highest BCUT2D eigenvalue weighted by atomic mass is 16.5. The van der Waals surface area contributed by atoms with E-state index in [4.69, 9.17) is 4.74 Å². The maximum atomic E-state index is 12.5. The van der Waals surface area contributed by atoms with Crippen molar-refractivity contribution < 1.29 is 9.53 Å². The first kappa shape index (κ1) is 14.1. The highest BCUT2D eigenvalue weighted by Gasteiger charge is 2.45. The van der Waals surface area contributed by atoms with E-state index in [0.717, 1.165) is 37.9 Å². The van der Waals surface area contributed by atoms with Gasteiger partial charge in [-0.15, -0.1) is 0 Å². The molecule has 0 N–H and O–H groups in total. The number of carbonyl (C=O) groups excluding carboxylic acids is 1. The second-order valence-corrected chi connectivity index (χ2v) is 5.12. The van der Waals surface area contributed by atoms with Crippen molar-refractivity contribution in [3.63, 3.8) is 0 Å². The molecule has 1 aliphatic heterocycles. The third-order valence-electron chi connectivity index (χ3n) is 4.18. The Labute approximate surface area is 115 Å². The lowest BCUT2D eigenvalue weighted by molar-refractivity contribution is -0.157. The number of methoxy groups -OCH3 is 1. The minimum atomic E-state index is -0.615. The Morgan fingerprint density at radius 3 is 2.37 bits per heavy atom. The molecule has 1 aromatic rings. The summed E-state index contributed by atoms with van der Waals surface area (Å²) in [6.07, 6.45) is 4.31. The molecule has 1 aliphatic rings. The van der Waals surface area contributed by atoms with E-state index in [9.17, 15) is 4.79 Å². The minimum Gasteiger partial charge on any atom is -0.467 e. The lowest BCUT2D eigenvalue weighted by Crippen LogP contribution is -2.54. The summed E-state index contributed by atoms with van der Waals surface area (Å²) in [7, 11) is 1.49. The van der Waals surface area contributed by atoms with Gasteiger partial charge in [0.1, 0.15) is 5.54 Å². The maximum absolute atomic E-state index is 12.5. The summed E-state index contributed by atoms with van der Waals surface area (Å²) in [5.74, 6) is -0.136. The Hall–Kier alpha value is -1.35. The van der Waals surface area contributed by atoms with Gasteiger partial charge < -0.3 is 4.74 Å². The van der Waals surface area contributed by atoms with Crippen LogP contribution in [0, 0.1) is 0 Å². The lowest BCUT2D eigenvalue weighted by atomic mass is 9.84. The molecule has 3 nitrogen and oxygen atoms in total. The molecule has 2 rings (SSSR count). The van der Waals surface area contributed by atoms with Crippen LogP contribution < -0.4 is 0 Å². The largest absolute Gasteiger partial charge is 0.467 e. The second-order valence-electron chi connectivity index (χ2n) is 5.12. The molecular weight excluding hydrogens is 238 g/mol. The molecule has 3 heteroatoms. The van der Waals surface area contributed by atoms with Crippen molar-refractivity contribution in [2.24, 2.45) is 0 Å². The number of hydrogen-bond donors (Lipinski definition) is 0. The van der Waals surface area contributed by atoms with Crippen molar-refractivity contribution in [1.82, 2.24) is 4.90 Å². The Morgan fingerprint density at radius 2 is 1.84 bits per heavy atom. The summed E-state index contributed by atoms with van der Waals surface area (Å²) in [6.45, 7) is 4.01. The summed E-state index contributed by atoms with van der Waals surface area (Å²) in [5.41, 5.74) is 0.433. The Morgan fingerprint density at radius 1 is 1.21 bits per heavy atom. The van der Waals surface area contributed by atoms with E-state index in [1.165, 1.54) is 13.5 Å². The molecule has 19 heavy (non-hydrogen) atoms. The van der Waals surface area contributed by atoms with Crippen LogP contribution in [0.3, 0.4) is 0 Å². The predicted octanol–water partition coefficient (Wildman–Crippen LogP) is 2.95. The maximum Gasteiger partial charge on any atom is 0.330 e. The first-order valence-corrected chi connectivity index (χ1v) is 7.14. The minimum absolute atomic E-state index is 0.136. The van der Waals surface area contributed by atoms with Gasteiger partial charge in [0, 0.05) is 0 Å². The smallest absolute Gasteiger partial charge is 0.330 e. The van der Waals surface area contributed by atoms with Crippen molar-refractivity contribution >= 4 is 5.97 Å². The Bertz CT molecular complexity index is 412. The summed E-state index contributed by atoms with van der Waals surface area (Å²) in [5, 5.41) is 0. The third kappa shape index (κ3) is 2.52. The molecule has 0 aromatic heterocycles. The first-order valence-electron chi connectivity index (χ1n) is 7.14. The number of ether oxygens (including phenoxy) is 1. The van der Waals surface area contributed by atoms with Crippen LogP contribution in [0.25, 0.3) is 0 Å². The van der Waals surface area contributed by atoms with Crippen LogP contribution in [0.1, 0.15) is 38.2 Å². The number of likely N-dealkylation sites (tertiary alicyclic amines) is 1. The van der Waals surface area contributed by atoms with E-state index in [2.05, 4.69) is 11.8 Å². The monoisotopic (exact) mass is 261 g/mol. The number of piperidine rings is 1. The molecule has 0 amide bonds. The Kier molecular flexibility index (Phi) is 4.59. The molecule has 0 bridgehead atoms. The third-order valence-corrected chi connectivity index (χ3v) is 4.18. The van der Waals surface area contributed by atoms with Gasteiger partial charge in [-0.25, -0.2) is 4.79 Å². The average Bonchev–Trinajstić information content (AvgIpc) is 2.50. The molecule has 0 aliphatic carbocycles. The van der Waals surface area contributed by atoms with Crippen LogP contribution in [0.4, 0.5) is 0 Å². The fraction of sp³-hybridized carbons (Fsp3) is 0.562. The summed E-state index contributed by atoms with van der Waals surface area (Å²) in [4.78, 5) is 14.8. The summed E-state index contributed by atoms with van der Waals surface area (Å²) >= 11 is 0. The number of rotatable bonds is 4. The molecule has 0 saturated carbocycles. The normalized spacial score (nSPS) is 19.7. The van der Waals surface area contributed by atoms with Crippen LogP contribution in [0.2, 0.25) is 0 Å². The molecule has 1 saturated heterocycles. The molecule has 1 aromatic carbocycles. The number of carbonyl (C=O) groups is 1. The van der Waals surface area contributed by atoms with E-state index in [1.54, 1.807) is 0 Å². The van der Waals surface area contributed by atoms with Gasteiger partial charge in [-0.3, -0.25) is 4.90 Å². The van der Waals surface area contributed by atoms with Gasteiger partial charge in [0.15, 0.2) is 0 Å².